The van der Waals surface area contributed by atoms with E-state index in [2.05, 4.69) is 50.8 Å². The zero-order valence-electron chi connectivity index (χ0n) is 17.0. The highest BCUT2D eigenvalue weighted by molar-refractivity contribution is 5.75. The molecular weight excluding hydrogens is 348 g/mol. The predicted octanol–water partition coefficient (Wildman–Crippen LogP) is 5.64. The highest BCUT2D eigenvalue weighted by Crippen LogP contribution is 2.34. The van der Waals surface area contributed by atoms with Crippen LogP contribution >= 0.6 is 0 Å². The largest absolute Gasteiger partial charge is 0.481 e. The summed E-state index contributed by atoms with van der Waals surface area (Å²) in [6.07, 6.45) is 2.89. The Bertz CT molecular complexity index is 896. The van der Waals surface area contributed by atoms with Crippen molar-refractivity contribution in [3.8, 4) is 11.8 Å². The van der Waals surface area contributed by atoms with Crippen molar-refractivity contribution >= 4 is 5.97 Å². The number of rotatable bonds is 6. The van der Waals surface area contributed by atoms with Gasteiger partial charge in [-0.2, -0.15) is 0 Å². The maximum Gasteiger partial charge on any atom is 0.310 e. The van der Waals surface area contributed by atoms with E-state index in [0.29, 0.717) is 12.0 Å². The molecule has 0 heterocycles. The Hall–Kier alpha value is -2.57. The fourth-order valence-corrected chi connectivity index (χ4v) is 3.23. The molecule has 1 N–H and O–H groups in total. The smallest absolute Gasteiger partial charge is 0.310 e. The standard InChI is InChI=1S/C25H28O3/c1-16(2)24-15-20(9-14-23(24)18(4)28-22-12-13-22)6-5-19-7-10-21(11-8-19)17(3)25(26)27/h7-11,14-18,22H,12-13H2,1-4H3,(H,26,27). The number of hydrogen-bond acceptors (Lipinski definition) is 2. The maximum atomic E-state index is 11.1. The van der Waals surface area contributed by atoms with Crippen LogP contribution in [0.4, 0.5) is 0 Å². The third-order valence-electron chi connectivity index (χ3n) is 5.20. The minimum Gasteiger partial charge on any atom is -0.481 e. The Morgan fingerprint density at radius 2 is 1.57 bits per heavy atom. The molecule has 0 aromatic heterocycles. The van der Waals surface area contributed by atoms with Gasteiger partial charge in [-0.15, -0.1) is 0 Å². The van der Waals surface area contributed by atoms with E-state index in [0.717, 1.165) is 16.7 Å². The number of carbonyl (C=O) groups is 1. The average molecular weight is 376 g/mol. The second kappa shape index (κ2) is 8.63. The first-order chi connectivity index (χ1) is 13.3. The molecule has 1 saturated carbocycles. The molecule has 0 saturated heterocycles. The fourth-order valence-electron chi connectivity index (χ4n) is 3.23. The first kappa shape index (κ1) is 20.2. The first-order valence-electron chi connectivity index (χ1n) is 9.99. The summed E-state index contributed by atoms with van der Waals surface area (Å²) < 4.78 is 6.08. The Labute approximate surface area is 167 Å². The van der Waals surface area contributed by atoms with Crippen LogP contribution in [0.1, 0.15) is 86.3 Å². The van der Waals surface area contributed by atoms with Crippen molar-refractivity contribution in [3.63, 3.8) is 0 Å². The highest BCUT2D eigenvalue weighted by Gasteiger charge is 2.26. The zero-order chi connectivity index (χ0) is 20.3. The molecule has 0 aliphatic heterocycles. The number of carboxylic acids is 1. The Morgan fingerprint density at radius 1 is 0.964 bits per heavy atom. The van der Waals surface area contributed by atoms with Gasteiger partial charge in [0.25, 0.3) is 0 Å². The number of ether oxygens (including phenoxy) is 1. The summed E-state index contributed by atoms with van der Waals surface area (Å²) in [6, 6.07) is 13.8. The molecule has 0 bridgehead atoms. The van der Waals surface area contributed by atoms with Crippen LogP contribution in [0.3, 0.4) is 0 Å². The minimum absolute atomic E-state index is 0.107. The molecule has 2 aromatic rings. The monoisotopic (exact) mass is 376 g/mol. The molecule has 0 amide bonds. The number of hydrogen-bond donors (Lipinski definition) is 1. The van der Waals surface area contributed by atoms with Crippen LogP contribution in [0.15, 0.2) is 42.5 Å². The first-order valence-corrected chi connectivity index (χ1v) is 9.99. The second-order valence-corrected chi connectivity index (χ2v) is 7.91. The molecule has 2 unspecified atom stereocenters. The van der Waals surface area contributed by atoms with Crippen LogP contribution in [0.5, 0.6) is 0 Å². The van der Waals surface area contributed by atoms with Crippen molar-refractivity contribution < 1.29 is 14.6 Å². The number of benzene rings is 2. The van der Waals surface area contributed by atoms with Gasteiger partial charge in [0.1, 0.15) is 0 Å². The van der Waals surface area contributed by atoms with E-state index < -0.39 is 11.9 Å². The second-order valence-electron chi connectivity index (χ2n) is 7.91. The SMILES string of the molecule is CC(C)c1cc(C#Cc2ccc(C(C)C(=O)O)cc2)ccc1C(C)OC1CC1. The van der Waals surface area contributed by atoms with E-state index in [1.165, 1.54) is 24.0 Å². The topological polar surface area (TPSA) is 46.5 Å². The van der Waals surface area contributed by atoms with Crippen LogP contribution in [0.2, 0.25) is 0 Å². The van der Waals surface area contributed by atoms with Gasteiger partial charge in [0, 0.05) is 11.1 Å². The Morgan fingerprint density at radius 3 is 2.14 bits per heavy atom. The number of carboxylic acid groups (broad SMARTS) is 1. The average Bonchev–Trinajstić information content (AvgIpc) is 3.49. The summed E-state index contributed by atoms with van der Waals surface area (Å²) >= 11 is 0. The predicted molar refractivity (Wildman–Crippen MR) is 112 cm³/mol. The van der Waals surface area contributed by atoms with Gasteiger partial charge >= 0.3 is 5.97 Å². The van der Waals surface area contributed by atoms with Gasteiger partial charge < -0.3 is 9.84 Å². The van der Waals surface area contributed by atoms with E-state index in [1.54, 1.807) is 6.92 Å². The molecule has 3 rings (SSSR count). The molecular formula is C25H28O3. The highest BCUT2D eigenvalue weighted by atomic mass is 16.5. The van der Waals surface area contributed by atoms with Gasteiger partial charge in [0.05, 0.1) is 18.1 Å². The third-order valence-corrected chi connectivity index (χ3v) is 5.20. The van der Waals surface area contributed by atoms with Gasteiger partial charge in [-0.05, 0) is 73.6 Å². The van der Waals surface area contributed by atoms with Gasteiger partial charge in [-0.25, -0.2) is 0 Å². The molecule has 146 valence electrons. The Balaban J connectivity index is 1.79. The van der Waals surface area contributed by atoms with Crippen LogP contribution in [-0.2, 0) is 9.53 Å². The van der Waals surface area contributed by atoms with E-state index in [1.807, 2.05) is 24.3 Å². The lowest BCUT2D eigenvalue weighted by Gasteiger charge is -2.19. The van der Waals surface area contributed by atoms with Crippen molar-refractivity contribution in [1.29, 1.82) is 0 Å². The molecule has 3 nitrogen and oxygen atoms in total. The maximum absolute atomic E-state index is 11.1. The molecule has 2 atom stereocenters. The van der Waals surface area contributed by atoms with E-state index in [4.69, 9.17) is 9.84 Å². The summed E-state index contributed by atoms with van der Waals surface area (Å²) in [5, 5.41) is 9.10. The summed E-state index contributed by atoms with van der Waals surface area (Å²) in [5.74, 6) is 5.50. The van der Waals surface area contributed by atoms with Crippen molar-refractivity contribution in [2.75, 3.05) is 0 Å². The summed E-state index contributed by atoms with van der Waals surface area (Å²) in [5.41, 5.74) is 5.18. The van der Waals surface area contributed by atoms with E-state index in [9.17, 15) is 4.79 Å². The van der Waals surface area contributed by atoms with Crippen molar-refractivity contribution in [3.05, 3.63) is 70.3 Å². The van der Waals surface area contributed by atoms with Crippen molar-refractivity contribution in [2.45, 2.75) is 64.6 Å². The molecule has 0 spiro atoms. The number of aliphatic carboxylic acids is 1. The van der Waals surface area contributed by atoms with E-state index >= 15 is 0 Å². The molecule has 2 aromatic carbocycles. The molecule has 1 fully saturated rings. The lowest BCUT2D eigenvalue weighted by Crippen LogP contribution is -2.07. The lowest BCUT2D eigenvalue weighted by molar-refractivity contribution is -0.138. The van der Waals surface area contributed by atoms with Crippen molar-refractivity contribution in [2.24, 2.45) is 0 Å². The summed E-state index contributed by atoms with van der Waals surface area (Å²) in [6.45, 7) is 8.21. The van der Waals surface area contributed by atoms with Crippen LogP contribution in [-0.4, -0.2) is 17.2 Å². The van der Waals surface area contributed by atoms with Crippen LogP contribution < -0.4 is 0 Å². The fraction of sp³-hybridized carbons (Fsp3) is 0.400. The van der Waals surface area contributed by atoms with Crippen LogP contribution in [0.25, 0.3) is 0 Å². The van der Waals surface area contributed by atoms with Gasteiger partial charge in [0.2, 0.25) is 0 Å². The minimum atomic E-state index is -0.819. The molecule has 0 radical (unpaired) electrons. The van der Waals surface area contributed by atoms with E-state index in [-0.39, 0.29) is 6.10 Å². The third kappa shape index (κ3) is 5.03. The van der Waals surface area contributed by atoms with Crippen LogP contribution in [0, 0.1) is 11.8 Å². The molecule has 1 aliphatic carbocycles. The quantitative estimate of drug-likeness (QED) is 0.664. The summed E-state index contributed by atoms with van der Waals surface area (Å²) in [4.78, 5) is 11.1. The molecule has 28 heavy (non-hydrogen) atoms. The summed E-state index contributed by atoms with van der Waals surface area (Å²) in [7, 11) is 0. The normalized spacial score (nSPS) is 15.6. The molecule has 3 heteroatoms. The Kier molecular flexibility index (Phi) is 6.21. The zero-order valence-corrected chi connectivity index (χ0v) is 17.0. The van der Waals surface area contributed by atoms with Gasteiger partial charge in [-0.3, -0.25) is 4.79 Å². The lowest BCUT2D eigenvalue weighted by atomic mass is 9.92. The van der Waals surface area contributed by atoms with Gasteiger partial charge in [0.15, 0.2) is 0 Å². The van der Waals surface area contributed by atoms with Crippen molar-refractivity contribution in [1.82, 2.24) is 0 Å². The molecule has 1 aliphatic rings. The van der Waals surface area contributed by atoms with Gasteiger partial charge in [-0.1, -0.05) is 43.9 Å².